The highest BCUT2D eigenvalue weighted by molar-refractivity contribution is 6.32. The van der Waals surface area contributed by atoms with Crippen molar-refractivity contribution in [1.82, 2.24) is 0 Å². The van der Waals surface area contributed by atoms with Crippen LogP contribution in [0, 0.1) is 10.1 Å². The number of hydrogen-bond acceptors (Lipinski definition) is 4. The van der Waals surface area contributed by atoms with Crippen molar-refractivity contribution < 1.29 is 9.66 Å². The molecule has 0 aliphatic heterocycles. The fourth-order valence-corrected chi connectivity index (χ4v) is 2.22. The Morgan fingerprint density at radius 3 is 2.82 bits per heavy atom. The van der Waals surface area contributed by atoms with Gasteiger partial charge in [0.25, 0.3) is 0 Å². The molecule has 0 radical (unpaired) electrons. The van der Waals surface area contributed by atoms with Gasteiger partial charge in [-0.05, 0) is 25.3 Å². The number of nitrogens with two attached hydrogens (primary N) is 1. The van der Waals surface area contributed by atoms with Crippen molar-refractivity contribution in [2.45, 2.75) is 31.4 Å². The van der Waals surface area contributed by atoms with Crippen molar-refractivity contribution in [3.05, 3.63) is 33.3 Å². The van der Waals surface area contributed by atoms with E-state index >= 15 is 0 Å². The Hall–Kier alpha value is -1.33. The lowest BCUT2D eigenvalue weighted by Crippen LogP contribution is -2.33. The van der Waals surface area contributed by atoms with Gasteiger partial charge in [-0.1, -0.05) is 17.7 Å². The van der Waals surface area contributed by atoms with Gasteiger partial charge in [-0.2, -0.15) is 0 Å². The molecule has 2 atom stereocenters. The number of nitrogens with zero attached hydrogens (tertiary/aromatic N) is 1. The van der Waals surface area contributed by atoms with Gasteiger partial charge in [0.2, 0.25) is 5.75 Å². The topological polar surface area (TPSA) is 78.4 Å². The molecule has 1 fully saturated rings. The summed E-state index contributed by atoms with van der Waals surface area (Å²) in [5.74, 6) is 0.126. The van der Waals surface area contributed by atoms with Gasteiger partial charge in [0.05, 0.1) is 9.95 Å². The van der Waals surface area contributed by atoms with Crippen molar-refractivity contribution in [2.24, 2.45) is 5.73 Å². The van der Waals surface area contributed by atoms with E-state index in [0.29, 0.717) is 0 Å². The number of benzene rings is 1. The quantitative estimate of drug-likeness (QED) is 0.666. The third kappa shape index (κ3) is 2.50. The maximum absolute atomic E-state index is 10.9. The molecule has 0 saturated heterocycles. The zero-order chi connectivity index (χ0) is 12.4. The van der Waals surface area contributed by atoms with Crippen molar-refractivity contribution in [3.63, 3.8) is 0 Å². The molecule has 17 heavy (non-hydrogen) atoms. The molecular weight excluding hydrogens is 244 g/mol. The van der Waals surface area contributed by atoms with Crippen molar-refractivity contribution in [2.75, 3.05) is 0 Å². The standard InChI is InChI=1S/C11H13ClN2O3/c12-7-3-1-5-9(14(15)16)11(7)17-10-6-2-4-8(10)13/h1,3,5,8,10H,2,4,6,13H2. The van der Waals surface area contributed by atoms with Crippen LogP contribution in [0.3, 0.4) is 0 Å². The highest BCUT2D eigenvalue weighted by Gasteiger charge is 2.29. The first kappa shape index (κ1) is 12.1. The van der Waals surface area contributed by atoms with E-state index in [1.807, 2.05) is 0 Å². The predicted molar refractivity (Wildman–Crippen MR) is 64.3 cm³/mol. The number of rotatable bonds is 3. The van der Waals surface area contributed by atoms with Crippen LogP contribution in [0.4, 0.5) is 5.69 Å². The molecule has 0 heterocycles. The largest absolute Gasteiger partial charge is 0.481 e. The molecule has 2 rings (SSSR count). The van der Waals surface area contributed by atoms with Crippen LogP contribution in [0.15, 0.2) is 18.2 Å². The molecule has 1 aromatic rings. The monoisotopic (exact) mass is 256 g/mol. The SMILES string of the molecule is NC1CCCC1Oc1c(Cl)cccc1[N+](=O)[O-]. The van der Waals surface area contributed by atoms with Crippen LogP contribution >= 0.6 is 11.6 Å². The number of para-hydroxylation sites is 1. The minimum absolute atomic E-state index is 0.0779. The molecule has 1 aliphatic rings. The molecule has 0 spiro atoms. The third-order valence-corrected chi connectivity index (χ3v) is 3.21. The maximum Gasteiger partial charge on any atom is 0.312 e. The normalized spacial score (nSPS) is 23.6. The molecule has 92 valence electrons. The molecular formula is C11H13ClN2O3. The lowest BCUT2D eigenvalue weighted by atomic mass is 10.2. The highest BCUT2D eigenvalue weighted by atomic mass is 35.5. The van der Waals surface area contributed by atoms with Crippen LogP contribution in [0.5, 0.6) is 5.75 Å². The Bertz CT molecular complexity index is 439. The number of nitro groups is 1. The molecule has 1 saturated carbocycles. The van der Waals surface area contributed by atoms with Crippen LogP contribution in [0.2, 0.25) is 5.02 Å². The van der Waals surface area contributed by atoms with Crippen LogP contribution < -0.4 is 10.5 Å². The minimum Gasteiger partial charge on any atom is -0.481 e. The summed E-state index contributed by atoms with van der Waals surface area (Å²) in [6, 6.07) is 4.40. The van der Waals surface area contributed by atoms with Gasteiger partial charge in [-0.15, -0.1) is 0 Å². The van der Waals surface area contributed by atoms with Crippen LogP contribution in [-0.4, -0.2) is 17.1 Å². The number of halogens is 1. The van der Waals surface area contributed by atoms with E-state index in [9.17, 15) is 10.1 Å². The molecule has 1 aromatic carbocycles. The Morgan fingerprint density at radius 1 is 1.47 bits per heavy atom. The number of hydrogen-bond donors (Lipinski definition) is 1. The van der Waals surface area contributed by atoms with Crippen molar-refractivity contribution in [3.8, 4) is 5.75 Å². The Labute approximate surface area is 104 Å². The summed E-state index contributed by atoms with van der Waals surface area (Å²) < 4.78 is 5.61. The summed E-state index contributed by atoms with van der Waals surface area (Å²) in [4.78, 5) is 10.4. The first-order valence-electron chi connectivity index (χ1n) is 5.44. The summed E-state index contributed by atoms with van der Waals surface area (Å²) in [6.07, 6.45) is 2.48. The minimum atomic E-state index is -0.498. The summed E-state index contributed by atoms with van der Waals surface area (Å²) in [5, 5.41) is 11.1. The number of ether oxygens (including phenoxy) is 1. The van der Waals surface area contributed by atoms with Crippen LogP contribution in [-0.2, 0) is 0 Å². The Morgan fingerprint density at radius 2 is 2.24 bits per heavy atom. The van der Waals surface area contributed by atoms with Gasteiger partial charge in [-0.3, -0.25) is 10.1 Å². The van der Waals surface area contributed by atoms with E-state index in [4.69, 9.17) is 22.1 Å². The highest BCUT2D eigenvalue weighted by Crippen LogP contribution is 2.37. The first-order valence-corrected chi connectivity index (χ1v) is 5.82. The smallest absolute Gasteiger partial charge is 0.312 e. The second-order valence-electron chi connectivity index (χ2n) is 4.10. The second kappa shape index (κ2) is 4.89. The molecule has 5 nitrogen and oxygen atoms in total. The predicted octanol–water partition coefficient (Wildman–Crippen LogP) is 2.51. The van der Waals surface area contributed by atoms with Crippen LogP contribution in [0.1, 0.15) is 19.3 Å². The fraction of sp³-hybridized carbons (Fsp3) is 0.455. The van der Waals surface area contributed by atoms with E-state index in [-0.39, 0.29) is 28.6 Å². The van der Waals surface area contributed by atoms with Gasteiger partial charge in [-0.25, -0.2) is 0 Å². The fourth-order valence-electron chi connectivity index (χ4n) is 2.01. The zero-order valence-electron chi connectivity index (χ0n) is 9.14. The van der Waals surface area contributed by atoms with E-state index in [1.165, 1.54) is 12.1 Å². The zero-order valence-corrected chi connectivity index (χ0v) is 9.89. The second-order valence-corrected chi connectivity index (χ2v) is 4.50. The molecule has 0 bridgehead atoms. The van der Waals surface area contributed by atoms with Gasteiger partial charge in [0.15, 0.2) is 0 Å². The van der Waals surface area contributed by atoms with Gasteiger partial charge in [0.1, 0.15) is 6.10 Å². The first-order chi connectivity index (χ1) is 8.09. The summed E-state index contributed by atoms with van der Waals surface area (Å²) in [5.41, 5.74) is 5.75. The lowest BCUT2D eigenvalue weighted by molar-refractivity contribution is -0.386. The molecule has 2 N–H and O–H groups in total. The summed E-state index contributed by atoms with van der Waals surface area (Å²) in [7, 11) is 0. The number of nitro benzene ring substituents is 1. The van der Waals surface area contributed by atoms with Crippen molar-refractivity contribution in [1.29, 1.82) is 0 Å². The molecule has 2 unspecified atom stereocenters. The van der Waals surface area contributed by atoms with Gasteiger partial charge in [0, 0.05) is 12.1 Å². The summed E-state index contributed by atoms with van der Waals surface area (Å²) in [6.45, 7) is 0. The average Bonchev–Trinajstić information content (AvgIpc) is 2.67. The van der Waals surface area contributed by atoms with E-state index in [0.717, 1.165) is 19.3 Å². The average molecular weight is 257 g/mol. The van der Waals surface area contributed by atoms with Crippen molar-refractivity contribution >= 4 is 17.3 Å². The van der Waals surface area contributed by atoms with E-state index in [2.05, 4.69) is 0 Å². The van der Waals surface area contributed by atoms with Gasteiger partial charge >= 0.3 is 5.69 Å². The molecule has 0 aromatic heterocycles. The van der Waals surface area contributed by atoms with Crippen LogP contribution in [0.25, 0.3) is 0 Å². The van der Waals surface area contributed by atoms with E-state index in [1.54, 1.807) is 6.07 Å². The van der Waals surface area contributed by atoms with Gasteiger partial charge < -0.3 is 10.5 Å². The van der Waals surface area contributed by atoms with E-state index < -0.39 is 4.92 Å². The summed E-state index contributed by atoms with van der Waals surface area (Å²) >= 11 is 5.93. The molecule has 0 amide bonds. The molecule has 6 heteroatoms. The third-order valence-electron chi connectivity index (χ3n) is 2.92. The lowest BCUT2D eigenvalue weighted by Gasteiger charge is -2.18. The molecule has 1 aliphatic carbocycles. The Balaban J connectivity index is 2.27. The Kier molecular flexibility index (Phi) is 3.49. The maximum atomic E-state index is 10.9.